The number of carbonyl (C=O) groups is 1. The minimum Gasteiger partial charge on any atom is -0.381 e. The van der Waals surface area contributed by atoms with Crippen LogP contribution in [0.2, 0.25) is 0 Å². The first kappa shape index (κ1) is 16.1. The Balaban J connectivity index is 1.53. The van der Waals surface area contributed by atoms with Crippen LogP contribution in [-0.2, 0) is 4.74 Å². The highest BCUT2D eigenvalue weighted by molar-refractivity contribution is 5.91. The molecule has 4 rings (SSSR count). The summed E-state index contributed by atoms with van der Waals surface area (Å²) in [6, 6.07) is 7.61. The number of urea groups is 1. The van der Waals surface area contributed by atoms with Crippen molar-refractivity contribution in [3.8, 4) is 5.69 Å². The smallest absolute Gasteiger partial charge is 0.321 e. The van der Waals surface area contributed by atoms with E-state index in [4.69, 9.17) is 4.74 Å². The van der Waals surface area contributed by atoms with Crippen LogP contribution < -0.4 is 5.32 Å². The number of aromatic nitrogens is 3. The molecular weight excluding hydrogens is 318 g/mol. The molecule has 7 heteroatoms. The number of rotatable bonds is 2. The average molecular weight is 341 g/mol. The quantitative estimate of drug-likeness (QED) is 0.911. The predicted molar refractivity (Wildman–Crippen MR) is 93.9 cm³/mol. The topological polar surface area (TPSA) is 72.3 Å². The summed E-state index contributed by atoms with van der Waals surface area (Å²) < 4.78 is 7.31. The second-order valence-electron chi connectivity index (χ2n) is 7.04. The molecule has 1 unspecified atom stereocenters. The number of ether oxygens (including phenoxy) is 1. The van der Waals surface area contributed by atoms with Crippen molar-refractivity contribution < 1.29 is 9.53 Å². The number of likely N-dealkylation sites (tertiary alicyclic amines) is 1. The van der Waals surface area contributed by atoms with Crippen LogP contribution in [0.1, 0.15) is 24.5 Å². The van der Waals surface area contributed by atoms with Crippen LogP contribution in [0.5, 0.6) is 0 Å². The van der Waals surface area contributed by atoms with E-state index in [-0.39, 0.29) is 11.4 Å². The Hall–Kier alpha value is -2.41. The van der Waals surface area contributed by atoms with Gasteiger partial charge in [-0.05, 0) is 38.8 Å². The number of anilines is 1. The van der Waals surface area contributed by atoms with E-state index >= 15 is 0 Å². The number of aryl methyl sites for hydroxylation is 2. The number of hydrogen-bond acceptors (Lipinski definition) is 4. The fraction of sp³-hybridized carbons (Fsp3) is 0.500. The standard InChI is InChI=1S/C18H23N5O2/c1-13-19-14(2)23(21-13)16-6-4-3-5-15(16)20-17(24)22-9-7-18(11-22)8-10-25-12-18/h3-6H,7-12H2,1-2H3,(H,20,24). The van der Waals surface area contributed by atoms with E-state index in [1.54, 1.807) is 4.68 Å². The van der Waals surface area contributed by atoms with Crippen LogP contribution in [0.4, 0.5) is 10.5 Å². The van der Waals surface area contributed by atoms with Gasteiger partial charge in [-0.3, -0.25) is 0 Å². The first-order chi connectivity index (χ1) is 12.1. The van der Waals surface area contributed by atoms with E-state index < -0.39 is 0 Å². The highest BCUT2D eigenvalue weighted by Gasteiger charge is 2.42. The summed E-state index contributed by atoms with van der Waals surface area (Å²) in [5.41, 5.74) is 1.73. The molecule has 1 atom stereocenters. The molecule has 0 radical (unpaired) electrons. The zero-order valence-electron chi connectivity index (χ0n) is 14.7. The minimum absolute atomic E-state index is 0.0642. The van der Waals surface area contributed by atoms with Crippen LogP contribution in [0, 0.1) is 19.3 Å². The SMILES string of the molecule is Cc1nc(C)n(-c2ccccc2NC(=O)N2CCC3(CCOC3)C2)n1. The van der Waals surface area contributed by atoms with Gasteiger partial charge in [-0.15, -0.1) is 0 Å². The molecule has 3 heterocycles. The maximum absolute atomic E-state index is 12.8. The van der Waals surface area contributed by atoms with E-state index in [0.29, 0.717) is 5.82 Å². The number of carbonyl (C=O) groups excluding carboxylic acids is 1. The second kappa shape index (κ2) is 6.15. The van der Waals surface area contributed by atoms with Gasteiger partial charge in [0.2, 0.25) is 0 Å². The van der Waals surface area contributed by atoms with Crippen molar-refractivity contribution in [3.63, 3.8) is 0 Å². The Morgan fingerprint density at radius 1 is 1.28 bits per heavy atom. The van der Waals surface area contributed by atoms with Crippen LogP contribution in [0.25, 0.3) is 5.69 Å². The van der Waals surface area contributed by atoms with Gasteiger partial charge in [0.1, 0.15) is 11.6 Å². The van der Waals surface area contributed by atoms with E-state index in [1.165, 1.54) is 0 Å². The average Bonchev–Trinajstić information content (AvgIpc) is 3.30. The van der Waals surface area contributed by atoms with Gasteiger partial charge in [0.15, 0.2) is 0 Å². The molecule has 1 spiro atoms. The summed E-state index contributed by atoms with van der Waals surface area (Å²) in [7, 11) is 0. The van der Waals surface area contributed by atoms with Gasteiger partial charge >= 0.3 is 6.03 Å². The fourth-order valence-corrected chi connectivity index (χ4v) is 3.79. The largest absolute Gasteiger partial charge is 0.381 e. The highest BCUT2D eigenvalue weighted by Crippen LogP contribution is 2.38. The van der Waals surface area contributed by atoms with Gasteiger partial charge in [-0.1, -0.05) is 12.1 Å². The van der Waals surface area contributed by atoms with Gasteiger partial charge in [0, 0.05) is 25.1 Å². The summed E-state index contributed by atoms with van der Waals surface area (Å²) >= 11 is 0. The molecule has 1 aromatic heterocycles. The lowest BCUT2D eigenvalue weighted by Crippen LogP contribution is -2.35. The normalized spacial score (nSPS) is 22.7. The molecule has 2 aliphatic heterocycles. The lowest BCUT2D eigenvalue weighted by Gasteiger charge is -2.22. The molecule has 7 nitrogen and oxygen atoms in total. The third-order valence-corrected chi connectivity index (χ3v) is 5.16. The zero-order valence-corrected chi connectivity index (χ0v) is 14.7. The van der Waals surface area contributed by atoms with Crippen molar-refractivity contribution >= 4 is 11.7 Å². The lowest BCUT2D eigenvalue weighted by molar-refractivity contribution is 0.154. The highest BCUT2D eigenvalue weighted by atomic mass is 16.5. The van der Waals surface area contributed by atoms with Crippen molar-refractivity contribution in [2.45, 2.75) is 26.7 Å². The summed E-state index contributed by atoms with van der Waals surface area (Å²) in [6.45, 7) is 6.89. The molecule has 0 saturated carbocycles. The van der Waals surface area contributed by atoms with Crippen molar-refractivity contribution in [3.05, 3.63) is 35.9 Å². The third-order valence-electron chi connectivity index (χ3n) is 5.16. The Kier molecular flexibility index (Phi) is 3.95. The molecule has 25 heavy (non-hydrogen) atoms. The molecule has 1 aromatic carbocycles. The van der Waals surface area contributed by atoms with Gasteiger partial charge in [0.25, 0.3) is 0 Å². The van der Waals surface area contributed by atoms with Crippen LogP contribution in [-0.4, -0.2) is 52.0 Å². The minimum atomic E-state index is -0.0642. The molecule has 2 fully saturated rings. The lowest BCUT2D eigenvalue weighted by atomic mass is 9.87. The molecule has 2 amide bonds. The van der Waals surface area contributed by atoms with E-state index in [9.17, 15) is 4.79 Å². The van der Waals surface area contributed by atoms with Gasteiger partial charge in [-0.25, -0.2) is 14.5 Å². The van der Waals surface area contributed by atoms with Gasteiger partial charge in [-0.2, -0.15) is 5.10 Å². The predicted octanol–water partition coefficient (Wildman–Crippen LogP) is 2.53. The van der Waals surface area contributed by atoms with Gasteiger partial charge < -0.3 is 15.0 Å². The second-order valence-corrected chi connectivity index (χ2v) is 7.04. The molecule has 2 aromatic rings. The molecule has 1 N–H and O–H groups in total. The first-order valence-corrected chi connectivity index (χ1v) is 8.70. The molecule has 2 aliphatic rings. The van der Waals surface area contributed by atoms with Crippen LogP contribution >= 0.6 is 0 Å². The van der Waals surface area contributed by atoms with Crippen molar-refractivity contribution in [1.29, 1.82) is 0 Å². The zero-order chi connectivity index (χ0) is 17.4. The molecule has 2 saturated heterocycles. The molecule has 0 bridgehead atoms. The maximum Gasteiger partial charge on any atom is 0.321 e. The number of nitrogens with one attached hydrogen (secondary N) is 1. The Morgan fingerprint density at radius 2 is 2.12 bits per heavy atom. The van der Waals surface area contributed by atoms with Gasteiger partial charge in [0.05, 0.1) is 18.0 Å². The fourth-order valence-electron chi connectivity index (χ4n) is 3.79. The van der Waals surface area contributed by atoms with E-state index in [0.717, 1.165) is 56.3 Å². The number of hydrogen-bond donors (Lipinski definition) is 1. The number of nitrogens with zero attached hydrogens (tertiary/aromatic N) is 4. The Bertz CT molecular complexity index is 795. The van der Waals surface area contributed by atoms with Crippen LogP contribution in [0.3, 0.4) is 0 Å². The Morgan fingerprint density at radius 3 is 2.84 bits per heavy atom. The van der Waals surface area contributed by atoms with Crippen molar-refractivity contribution in [2.75, 3.05) is 31.6 Å². The maximum atomic E-state index is 12.8. The Labute approximate surface area is 147 Å². The van der Waals surface area contributed by atoms with E-state index in [2.05, 4.69) is 15.4 Å². The number of amides is 2. The summed E-state index contributed by atoms with van der Waals surface area (Å²) in [5, 5.41) is 7.48. The molecule has 0 aliphatic carbocycles. The van der Waals surface area contributed by atoms with Crippen molar-refractivity contribution in [1.82, 2.24) is 19.7 Å². The third kappa shape index (κ3) is 3.00. The summed E-state index contributed by atoms with van der Waals surface area (Å²) in [4.78, 5) is 19.0. The summed E-state index contributed by atoms with van der Waals surface area (Å²) in [5.74, 6) is 1.50. The number of para-hydroxylation sites is 2. The first-order valence-electron chi connectivity index (χ1n) is 8.70. The number of benzene rings is 1. The molecular formula is C18H23N5O2. The van der Waals surface area contributed by atoms with Crippen molar-refractivity contribution in [2.24, 2.45) is 5.41 Å². The van der Waals surface area contributed by atoms with Crippen LogP contribution in [0.15, 0.2) is 24.3 Å². The monoisotopic (exact) mass is 341 g/mol. The summed E-state index contributed by atoms with van der Waals surface area (Å²) in [6.07, 6.45) is 2.06. The van der Waals surface area contributed by atoms with E-state index in [1.807, 2.05) is 43.0 Å². The molecule has 132 valence electrons.